The fourth-order valence-corrected chi connectivity index (χ4v) is 4.34. The van der Waals surface area contributed by atoms with E-state index in [9.17, 15) is 0 Å². The largest absolute Gasteiger partial charge is 0.371 e. The molecule has 126 valence electrons. The standard InChI is InChI=1S/C20H35NO/c1-6-8-18-17(5)14-20(15-19(18)22-16(3)4)9-12-21(11-7-2)13-10-20/h6,8,16,19H,7,9-15H2,1-5H3/b8-6-/t19-/m0/s1. The molecule has 2 nitrogen and oxygen atoms in total. The SMILES string of the molecule is C/C=C\C1=C(C)CC2(CCN(CCC)CC2)C[C@@H]1OC(C)C. The highest BCUT2D eigenvalue weighted by atomic mass is 16.5. The van der Waals surface area contributed by atoms with Crippen molar-refractivity contribution >= 4 is 0 Å². The van der Waals surface area contributed by atoms with Gasteiger partial charge in [0.2, 0.25) is 0 Å². The van der Waals surface area contributed by atoms with E-state index in [1.807, 2.05) is 0 Å². The van der Waals surface area contributed by atoms with E-state index < -0.39 is 0 Å². The third kappa shape index (κ3) is 4.23. The minimum atomic E-state index is 0.294. The summed E-state index contributed by atoms with van der Waals surface area (Å²) in [6, 6.07) is 0. The number of allylic oxidation sites excluding steroid dienone is 2. The van der Waals surface area contributed by atoms with E-state index in [1.54, 1.807) is 5.57 Å². The Labute approximate surface area is 137 Å². The molecule has 1 fully saturated rings. The number of likely N-dealkylation sites (tertiary alicyclic amines) is 1. The van der Waals surface area contributed by atoms with Crippen LogP contribution in [0, 0.1) is 5.41 Å². The van der Waals surface area contributed by atoms with Crippen LogP contribution < -0.4 is 0 Å². The van der Waals surface area contributed by atoms with Crippen molar-refractivity contribution in [2.75, 3.05) is 19.6 Å². The molecule has 2 heteroatoms. The molecule has 1 atom stereocenters. The van der Waals surface area contributed by atoms with Gasteiger partial charge in [-0.05, 0) is 90.4 Å². The predicted molar refractivity (Wildman–Crippen MR) is 95.2 cm³/mol. The third-order valence-corrected chi connectivity index (χ3v) is 5.34. The number of rotatable bonds is 5. The van der Waals surface area contributed by atoms with Crippen LogP contribution in [-0.4, -0.2) is 36.7 Å². The monoisotopic (exact) mass is 305 g/mol. The normalized spacial score (nSPS) is 26.5. The summed E-state index contributed by atoms with van der Waals surface area (Å²) < 4.78 is 6.31. The van der Waals surface area contributed by atoms with Crippen molar-refractivity contribution in [1.29, 1.82) is 0 Å². The first kappa shape index (κ1) is 17.7. The first-order chi connectivity index (χ1) is 10.5. The number of piperidine rings is 1. The molecular weight excluding hydrogens is 270 g/mol. The molecule has 1 spiro atoms. The second kappa shape index (κ2) is 7.79. The number of nitrogens with zero attached hydrogens (tertiary/aromatic N) is 1. The Balaban J connectivity index is 2.13. The van der Waals surface area contributed by atoms with Gasteiger partial charge in [0.15, 0.2) is 0 Å². The lowest BCUT2D eigenvalue weighted by molar-refractivity contribution is -0.0236. The summed E-state index contributed by atoms with van der Waals surface area (Å²) in [4.78, 5) is 2.64. The molecule has 1 saturated heterocycles. The topological polar surface area (TPSA) is 12.5 Å². The fraction of sp³-hybridized carbons (Fsp3) is 0.800. The van der Waals surface area contributed by atoms with Gasteiger partial charge in [-0.2, -0.15) is 0 Å². The molecule has 0 amide bonds. The van der Waals surface area contributed by atoms with Crippen LogP contribution in [0.15, 0.2) is 23.3 Å². The summed E-state index contributed by atoms with van der Waals surface area (Å²) >= 11 is 0. The van der Waals surface area contributed by atoms with Crippen LogP contribution in [-0.2, 0) is 4.74 Å². The van der Waals surface area contributed by atoms with E-state index in [-0.39, 0.29) is 0 Å². The van der Waals surface area contributed by atoms with Gasteiger partial charge in [0.05, 0.1) is 12.2 Å². The Kier molecular flexibility index (Phi) is 6.28. The van der Waals surface area contributed by atoms with Crippen molar-refractivity contribution in [2.45, 2.75) is 78.9 Å². The van der Waals surface area contributed by atoms with Crippen LogP contribution in [0.3, 0.4) is 0 Å². The van der Waals surface area contributed by atoms with Gasteiger partial charge in [-0.25, -0.2) is 0 Å². The number of hydrogen-bond acceptors (Lipinski definition) is 2. The Bertz CT molecular complexity index is 413. The molecule has 1 aliphatic heterocycles. The summed E-state index contributed by atoms with van der Waals surface area (Å²) in [5.74, 6) is 0. The smallest absolute Gasteiger partial charge is 0.0833 e. The van der Waals surface area contributed by atoms with Crippen LogP contribution in [0.2, 0.25) is 0 Å². The van der Waals surface area contributed by atoms with Crippen LogP contribution in [0.25, 0.3) is 0 Å². The molecule has 0 aromatic carbocycles. The van der Waals surface area contributed by atoms with Crippen LogP contribution in [0.4, 0.5) is 0 Å². The molecule has 0 radical (unpaired) electrons. The van der Waals surface area contributed by atoms with Crippen molar-refractivity contribution in [1.82, 2.24) is 4.90 Å². The average Bonchev–Trinajstić information content (AvgIpc) is 2.45. The van der Waals surface area contributed by atoms with E-state index in [1.165, 1.54) is 57.3 Å². The van der Waals surface area contributed by atoms with Gasteiger partial charge in [-0.3, -0.25) is 0 Å². The minimum Gasteiger partial charge on any atom is -0.371 e. The summed E-state index contributed by atoms with van der Waals surface area (Å²) in [5, 5.41) is 0. The zero-order valence-corrected chi connectivity index (χ0v) is 15.3. The third-order valence-electron chi connectivity index (χ3n) is 5.34. The van der Waals surface area contributed by atoms with Crippen molar-refractivity contribution in [3.8, 4) is 0 Å². The highest BCUT2D eigenvalue weighted by molar-refractivity contribution is 5.32. The molecule has 1 heterocycles. The Hall–Kier alpha value is -0.600. The van der Waals surface area contributed by atoms with Crippen LogP contribution in [0.5, 0.6) is 0 Å². The number of hydrogen-bond donors (Lipinski definition) is 0. The Morgan fingerprint density at radius 1 is 1.32 bits per heavy atom. The number of ether oxygens (including phenoxy) is 1. The average molecular weight is 306 g/mol. The van der Waals surface area contributed by atoms with E-state index in [4.69, 9.17) is 4.74 Å². The van der Waals surface area contributed by atoms with Crippen molar-refractivity contribution in [2.24, 2.45) is 5.41 Å². The summed E-state index contributed by atoms with van der Waals surface area (Å²) in [6.45, 7) is 14.9. The molecule has 2 aliphatic rings. The van der Waals surface area contributed by atoms with Gasteiger partial charge in [0, 0.05) is 0 Å². The summed E-state index contributed by atoms with van der Waals surface area (Å²) in [5.41, 5.74) is 3.48. The molecule has 22 heavy (non-hydrogen) atoms. The quantitative estimate of drug-likeness (QED) is 0.712. The highest BCUT2D eigenvalue weighted by Crippen LogP contribution is 2.48. The molecule has 0 unspecified atom stereocenters. The molecule has 2 rings (SSSR count). The van der Waals surface area contributed by atoms with E-state index in [0.717, 1.165) is 0 Å². The van der Waals surface area contributed by atoms with E-state index in [2.05, 4.69) is 51.7 Å². The molecule has 0 saturated carbocycles. The molecule has 0 bridgehead atoms. The predicted octanol–water partition coefficient (Wildman–Crippen LogP) is 4.96. The maximum absolute atomic E-state index is 6.31. The van der Waals surface area contributed by atoms with Gasteiger partial charge in [0.25, 0.3) is 0 Å². The second-order valence-corrected chi connectivity index (χ2v) is 7.63. The van der Waals surface area contributed by atoms with Crippen LogP contribution in [0.1, 0.15) is 66.7 Å². The fourth-order valence-electron chi connectivity index (χ4n) is 4.34. The minimum absolute atomic E-state index is 0.294. The molecule has 0 aromatic heterocycles. The lowest BCUT2D eigenvalue weighted by atomic mass is 9.65. The second-order valence-electron chi connectivity index (χ2n) is 7.63. The summed E-state index contributed by atoms with van der Waals surface area (Å²) in [6.07, 6.45) is 11.5. The maximum Gasteiger partial charge on any atom is 0.0833 e. The maximum atomic E-state index is 6.31. The van der Waals surface area contributed by atoms with Gasteiger partial charge in [-0.15, -0.1) is 0 Å². The molecule has 0 N–H and O–H groups in total. The molecule has 1 aliphatic carbocycles. The van der Waals surface area contributed by atoms with E-state index >= 15 is 0 Å². The zero-order valence-electron chi connectivity index (χ0n) is 15.3. The van der Waals surface area contributed by atoms with Gasteiger partial charge in [0.1, 0.15) is 0 Å². The summed E-state index contributed by atoms with van der Waals surface area (Å²) in [7, 11) is 0. The van der Waals surface area contributed by atoms with Gasteiger partial charge in [-0.1, -0.05) is 24.6 Å². The molecular formula is C20H35NO. The van der Waals surface area contributed by atoms with Crippen LogP contribution >= 0.6 is 0 Å². The first-order valence-electron chi connectivity index (χ1n) is 9.20. The zero-order chi connectivity index (χ0) is 16.2. The van der Waals surface area contributed by atoms with Gasteiger partial charge >= 0.3 is 0 Å². The van der Waals surface area contributed by atoms with Crippen molar-refractivity contribution in [3.05, 3.63) is 23.3 Å². The lowest BCUT2D eigenvalue weighted by Crippen LogP contribution is -2.44. The Morgan fingerprint density at radius 3 is 2.55 bits per heavy atom. The van der Waals surface area contributed by atoms with Gasteiger partial charge < -0.3 is 9.64 Å². The molecule has 0 aromatic rings. The Morgan fingerprint density at radius 2 is 2.00 bits per heavy atom. The lowest BCUT2D eigenvalue weighted by Gasteiger charge is -2.47. The highest BCUT2D eigenvalue weighted by Gasteiger charge is 2.41. The van der Waals surface area contributed by atoms with E-state index in [0.29, 0.717) is 17.6 Å². The first-order valence-corrected chi connectivity index (χ1v) is 9.20. The van der Waals surface area contributed by atoms with Crippen molar-refractivity contribution in [3.63, 3.8) is 0 Å². The van der Waals surface area contributed by atoms with Crippen molar-refractivity contribution < 1.29 is 4.74 Å².